The Bertz CT molecular complexity index is 962. The normalized spacial score (nSPS) is 13.2. The van der Waals surface area contributed by atoms with Gasteiger partial charge in [0.25, 0.3) is 0 Å². The molecule has 0 radical (unpaired) electrons. The third-order valence-electron chi connectivity index (χ3n) is 4.21. The Kier molecular flexibility index (Phi) is 3.87. The van der Waals surface area contributed by atoms with Crippen LogP contribution in [0.25, 0.3) is 11.3 Å². The van der Waals surface area contributed by atoms with E-state index in [9.17, 15) is 0 Å². The lowest BCUT2D eigenvalue weighted by atomic mass is 10.1. The van der Waals surface area contributed by atoms with Gasteiger partial charge in [0.05, 0.1) is 17.0 Å². The molecule has 0 unspecified atom stereocenters. The van der Waals surface area contributed by atoms with Gasteiger partial charge in [-0.2, -0.15) is 0 Å². The Labute approximate surface area is 146 Å². The van der Waals surface area contributed by atoms with Gasteiger partial charge in [-0.3, -0.25) is 4.98 Å². The number of rotatable bonds is 2. The minimum atomic E-state index is 0.479. The Morgan fingerprint density at radius 2 is 1.84 bits per heavy atom. The first kappa shape index (κ1) is 15.3. The molecule has 1 saturated carbocycles. The first-order valence-electron chi connectivity index (χ1n) is 8.22. The van der Waals surface area contributed by atoms with E-state index < -0.39 is 0 Å². The standard InChI is InChI=1S/C20H17N5/c1-13-17(7-2-14-3-9-19(21)23-10-14)20(25-12-24-13)16-6-8-18(22-11-16)15-4-5-15/h3,6,8-12,15H,4-5H2,1H3,(H2,21,23). The van der Waals surface area contributed by atoms with Crippen LogP contribution in [0.1, 0.15) is 41.3 Å². The Morgan fingerprint density at radius 1 is 0.960 bits per heavy atom. The molecule has 122 valence electrons. The Hall–Kier alpha value is -3.26. The first-order chi connectivity index (χ1) is 12.2. The highest BCUT2D eigenvalue weighted by atomic mass is 14.8. The van der Waals surface area contributed by atoms with Crippen LogP contribution in [-0.2, 0) is 0 Å². The van der Waals surface area contributed by atoms with Crippen molar-refractivity contribution in [1.82, 2.24) is 19.9 Å². The summed E-state index contributed by atoms with van der Waals surface area (Å²) in [4.78, 5) is 17.4. The number of hydrogen-bond acceptors (Lipinski definition) is 5. The van der Waals surface area contributed by atoms with E-state index in [1.807, 2.05) is 19.2 Å². The van der Waals surface area contributed by atoms with E-state index in [1.165, 1.54) is 12.8 Å². The number of pyridine rings is 2. The van der Waals surface area contributed by atoms with Crippen molar-refractivity contribution in [2.24, 2.45) is 0 Å². The molecule has 5 heteroatoms. The van der Waals surface area contributed by atoms with E-state index in [2.05, 4.69) is 43.9 Å². The summed E-state index contributed by atoms with van der Waals surface area (Å²) < 4.78 is 0. The molecule has 3 aromatic rings. The van der Waals surface area contributed by atoms with Gasteiger partial charge < -0.3 is 5.73 Å². The van der Waals surface area contributed by atoms with E-state index in [0.717, 1.165) is 33.8 Å². The quantitative estimate of drug-likeness (QED) is 0.732. The van der Waals surface area contributed by atoms with Crippen molar-refractivity contribution in [2.45, 2.75) is 25.7 Å². The molecular formula is C20H17N5. The molecule has 3 aromatic heterocycles. The minimum absolute atomic E-state index is 0.479. The number of nitrogen functional groups attached to an aromatic ring is 1. The van der Waals surface area contributed by atoms with Crippen molar-refractivity contribution in [2.75, 3.05) is 5.73 Å². The van der Waals surface area contributed by atoms with Gasteiger partial charge in [-0.1, -0.05) is 11.8 Å². The van der Waals surface area contributed by atoms with E-state index >= 15 is 0 Å². The molecule has 5 nitrogen and oxygen atoms in total. The average molecular weight is 327 g/mol. The number of nitrogens with zero attached hydrogens (tertiary/aromatic N) is 4. The van der Waals surface area contributed by atoms with Crippen LogP contribution in [-0.4, -0.2) is 19.9 Å². The van der Waals surface area contributed by atoms with Crippen LogP contribution >= 0.6 is 0 Å². The maximum absolute atomic E-state index is 5.61. The Balaban J connectivity index is 1.71. The molecular weight excluding hydrogens is 310 g/mol. The zero-order valence-corrected chi connectivity index (χ0v) is 13.9. The fourth-order valence-electron chi connectivity index (χ4n) is 2.62. The van der Waals surface area contributed by atoms with Crippen LogP contribution in [0.5, 0.6) is 0 Å². The molecule has 1 fully saturated rings. The van der Waals surface area contributed by atoms with Gasteiger partial charge in [0.1, 0.15) is 12.1 Å². The molecule has 0 aliphatic heterocycles. The molecule has 1 aliphatic carbocycles. The molecule has 0 bridgehead atoms. The average Bonchev–Trinajstić information content (AvgIpc) is 3.47. The van der Waals surface area contributed by atoms with Crippen molar-refractivity contribution in [3.8, 4) is 23.1 Å². The van der Waals surface area contributed by atoms with Crippen LogP contribution < -0.4 is 5.73 Å². The zero-order valence-electron chi connectivity index (χ0n) is 13.9. The summed E-state index contributed by atoms with van der Waals surface area (Å²) in [5, 5.41) is 0. The van der Waals surface area contributed by atoms with Gasteiger partial charge in [-0.15, -0.1) is 0 Å². The number of nitrogens with two attached hydrogens (primary N) is 1. The van der Waals surface area contributed by atoms with Crippen LogP contribution in [0.3, 0.4) is 0 Å². The van der Waals surface area contributed by atoms with E-state index in [1.54, 1.807) is 18.6 Å². The highest BCUT2D eigenvalue weighted by Gasteiger charge is 2.24. The summed E-state index contributed by atoms with van der Waals surface area (Å²) in [5.41, 5.74) is 11.0. The number of anilines is 1. The summed E-state index contributed by atoms with van der Waals surface area (Å²) in [6.45, 7) is 1.93. The second-order valence-electron chi connectivity index (χ2n) is 6.15. The molecule has 0 amide bonds. The summed E-state index contributed by atoms with van der Waals surface area (Å²) in [7, 11) is 0. The first-order valence-corrected chi connectivity index (χ1v) is 8.22. The summed E-state index contributed by atoms with van der Waals surface area (Å²) in [6.07, 6.45) is 7.59. The lowest BCUT2D eigenvalue weighted by Crippen LogP contribution is -1.97. The molecule has 3 heterocycles. The van der Waals surface area contributed by atoms with Crippen molar-refractivity contribution in [3.63, 3.8) is 0 Å². The summed E-state index contributed by atoms with van der Waals surface area (Å²) in [6, 6.07) is 7.74. The predicted molar refractivity (Wildman–Crippen MR) is 96.6 cm³/mol. The van der Waals surface area contributed by atoms with E-state index in [0.29, 0.717) is 11.7 Å². The van der Waals surface area contributed by atoms with Gasteiger partial charge in [-0.05, 0) is 44.0 Å². The topological polar surface area (TPSA) is 77.6 Å². The fraction of sp³-hybridized carbons (Fsp3) is 0.200. The molecule has 2 N–H and O–H groups in total. The van der Waals surface area contributed by atoms with Crippen molar-refractivity contribution in [3.05, 3.63) is 65.5 Å². The third-order valence-corrected chi connectivity index (χ3v) is 4.21. The molecule has 0 aromatic carbocycles. The molecule has 0 atom stereocenters. The monoisotopic (exact) mass is 327 g/mol. The molecule has 25 heavy (non-hydrogen) atoms. The molecule has 0 spiro atoms. The second kappa shape index (κ2) is 6.33. The number of aromatic nitrogens is 4. The fourth-order valence-corrected chi connectivity index (χ4v) is 2.62. The maximum Gasteiger partial charge on any atom is 0.123 e. The van der Waals surface area contributed by atoms with Crippen LogP contribution in [0.4, 0.5) is 5.82 Å². The van der Waals surface area contributed by atoms with Gasteiger partial charge in [0.15, 0.2) is 0 Å². The SMILES string of the molecule is Cc1ncnc(-c2ccc(C3CC3)nc2)c1C#Cc1ccc(N)nc1. The lowest BCUT2D eigenvalue weighted by molar-refractivity contribution is 1.02. The van der Waals surface area contributed by atoms with Crippen molar-refractivity contribution >= 4 is 5.82 Å². The van der Waals surface area contributed by atoms with Crippen LogP contribution in [0.2, 0.25) is 0 Å². The second-order valence-corrected chi connectivity index (χ2v) is 6.15. The largest absolute Gasteiger partial charge is 0.384 e. The molecule has 1 aliphatic rings. The summed E-state index contributed by atoms with van der Waals surface area (Å²) in [5.74, 6) is 7.41. The number of hydrogen-bond donors (Lipinski definition) is 1. The van der Waals surface area contributed by atoms with Crippen molar-refractivity contribution in [1.29, 1.82) is 0 Å². The zero-order chi connectivity index (χ0) is 17.2. The van der Waals surface area contributed by atoms with Gasteiger partial charge in [0.2, 0.25) is 0 Å². The third kappa shape index (κ3) is 3.33. The van der Waals surface area contributed by atoms with Crippen molar-refractivity contribution < 1.29 is 0 Å². The molecule has 4 rings (SSSR count). The molecule has 0 saturated heterocycles. The van der Waals surface area contributed by atoms with E-state index in [4.69, 9.17) is 5.73 Å². The maximum atomic E-state index is 5.61. The summed E-state index contributed by atoms with van der Waals surface area (Å²) >= 11 is 0. The lowest BCUT2D eigenvalue weighted by Gasteiger charge is -2.06. The van der Waals surface area contributed by atoms with Crippen LogP contribution in [0.15, 0.2) is 43.0 Å². The van der Waals surface area contributed by atoms with E-state index in [-0.39, 0.29) is 0 Å². The predicted octanol–water partition coefficient (Wildman–Crippen LogP) is 3.10. The smallest absolute Gasteiger partial charge is 0.123 e. The Morgan fingerprint density at radius 3 is 2.52 bits per heavy atom. The van der Waals surface area contributed by atoms with Crippen LogP contribution in [0, 0.1) is 18.8 Å². The number of aryl methyl sites for hydroxylation is 1. The highest BCUT2D eigenvalue weighted by Crippen LogP contribution is 2.39. The van der Waals surface area contributed by atoms with Gasteiger partial charge in [-0.25, -0.2) is 15.0 Å². The minimum Gasteiger partial charge on any atom is -0.384 e. The van der Waals surface area contributed by atoms with Gasteiger partial charge in [0, 0.05) is 35.1 Å². The highest BCUT2D eigenvalue weighted by molar-refractivity contribution is 5.68. The van der Waals surface area contributed by atoms with Gasteiger partial charge >= 0.3 is 0 Å².